The Labute approximate surface area is 181 Å². The number of carbonyl (C=O) groups is 2. The second-order valence-corrected chi connectivity index (χ2v) is 6.88. The zero-order chi connectivity index (χ0) is 23.7. The van der Waals surface area contributed by atoms with Gasteiger partial charge in [0.25, 0.3) is 0 Å². The highest BCUT2D eigenvalue weighted by Crippen LogP contribution is 2.19. The standard InChI is InChI=1S/C19H21F2N3O.C2HF3O2/c20-17-7-1-14(13-18(17)21)2-8-19(25)23-15-3-5-16(6-4-15)24-11-9-22-10-12-24;3-2(4,5)1(6)7/h1,3-7,13,22H,2,8-12H2,(H,23,25);(H,6,7). The van der Waals surface area contributed by atoms with Gasteiger partial charge >= 0.3 is 12.1 Å². The molecule has 0 spiro atoms. The summed E-state index contributed by atoms with van der Waals surface area (Å²) < 4.78 is 57.8. The first-order chi connectivity index (χ1) is 15.1. The second kappa shape index (κ2) is 11.4. The lowest BCUT2D eigenvalue weighted by Crippen LogP contribution is -2.43. The Morgan fingerprint density at radius 3 is 2.12 bits per heavy atom. The Morgan fingerprint density at radius 2 is 1.59 bits per heavy atom. The maximum atomic E-state index is 13.2. The molecule has 0 radical (unpaired) electrons. The molecule has 3 N–H and O–H groups in total. The van der Waals surface area contributed by atoms with E-state index in [-0.39, 0.29) is 12.3 Å². The number of anilines is 2. The summed E-state index contributed by atoms with van der Waals surface area (Å²) >= 11 is 0. The normalized spacial score (nSPS) is 13.7. The van der Waals surface area contributed by atoms with Gasteiger partial charge < -0.3 is 20.6 Å². The third kappa shape index (κ3) is 8.14. The fourth-order valence-electron chi connectivity index (χ4n) is 2.86. The average Bonchev–Trinajstić information content (AvgIpc) is 2.75. The SMILES string of the molecule is O=C(CCc1ccc(F)c(F)c1)Nc1ccc(N2CCNCC2)cc1.O=C(O)C(F)(F)F. The van der Waals surface area contributed by atoms with Gasteiger partial charge in [-0.15, -0.1) is 0 Å². The van der Waals surface area contributed by atoms with Crippen LogP contribution in [0.5, 0.6) is 0 Å². The maximum absolute atomic E-state index is 13.2. The van der Waals surface area contributed by atoms with Crippen LogP contribution in [-0.2, 0) is 16.0 Å². The van der Waals surface area contributed by atoms with Gasteiger partial charge in [-0.25, -0.2) is 13.6 Å². The number of carbonyl (C=O) groups excluding carboxylic acids is 1. The van der Waals surface area contributed by atoms with E-state index in [9.17, 15) is 26.7 Å². The third-order valence-corrected chi connectivity index (χ3v) is 4.50. The predicted molar refractivity (Wildman–Crippen MR) is 109 cm³/mol. The highest BCUT2D eigenvalue weighted by Gasteiger charge is 2.38. The molecule has 0 aliphatic carbocycles. The minimum absolute atomic E-state index is 0.153. The average molecular weight is 459 g/mol. The van der Waals surface area contributed by atoms with Crippen LogP contribution in [0.2, 0.25) is 0 Å². The largest absolute Gasteiger partial charge is 0.490 e. The van der Waals surface area contributed by atoms with E-state index in [2.05, 4.69) is 15.5 Å². The van der Waals surface area contributed by atoms with Crippen LogP contribution in [0.3, 0.4) is 0 Å². The molecule has 174 valence electrons. The molecule has 32 heavy (non-hydrogen) atoms. The molecule has 6 nitrogen and oxygen atoms in total. The van der Waals surface area contributed by atoms with Gasteiger partial charge in [0.1, 0.15) is 0 Å². The molecule has 0 bridgehead atoms. The summed E-state index contributed by atoms with van der Waals surface area (Å²) in [5.74, 6) is -4.67. The van der Waals surface area contributed by atoms with Crippen LogP contribution in [0.25, 0.3) is 0 Å². The van der Waals surface area contributed by atoms with Crippen molar-refractivity contribution in [1.82, 2.24) is 5.32 Å². The molecule has 1 amide bonds. The van der Waals surface area contributed by atoms with Crippen molar-refractivity contribution < 1.29 is 36.6 Å². The summed E-state index contributed by atoms with van der Waals surface area (Å²) in [4.78, 5) is 23.2. The predicted octanol–water partition coefficient (Wildman–Crippen LogP) is 3.58. The fourth-order valence-corrected chi connectivity index (χ4v) is 2.86. The van der Waals surface area contributed by atoms with E-state index in [0.717, 1.165) is 49.7 Å². The van der Waals surface area contributed by atoms with Gasteiger partial charge in [0.05, 0.1) is 0 Å². The number of aryl methyl sites for hydroxylation is 1. The lowest BCUT2D eigenvalue weighted by molar-refractivity contribution is -0.192. The van der Waals surface area contributed by atoms with Crippen molar-refractivity contribution in [3.05, 3.63) is 59.7 Å². The lowest BCUT2D eigenvalue weighted by Gasteiger charge is -2.29. The van der Waals surface area contributed by atoms with Gasteiger partial charge in [-0.3, -0.25) is 4.79 Å². The Bertz CT molecular complexity index is 914. The smallest absolute Gasteiger partial charge is 0.475 e. The van der Waals surface area contributed by atoms with Gasteiger partial charge in [0.2, 0.25) is 5.91 Å². The molecule has 0 saturated carbocycles. The number of carboxylic acids is 1. The summed E-state index contributed by atoms with van der Waals surface area (Å²) in [7, 11) is 0. The van der Waals surface area contributed by atoms with E-state index in [0.29, 0.717) is 12.0 Å². The van der Waals surface area contributed by atoms with Crippen LogP contribution < -0.4 is 15.5 Å². The van der Waals surface area contributed by atoms with Crippen LogP contribution in [0, 0.1) is 11.6 Å². The van der Waals surface area contributed by atoms with E-state index >= 15 is 0 Å². The third-order valence-electron chi connectivity index (χ3n) is 4.50. The highest BCUT2D eigenvalue weighted by molar-refractivity contribution is 5.91. The Hall–Kier alpha value is -3.21. The van der Waals surface area contributed by atoms with E-state index in [1.54, 1.807) is 0 Å². The van der Waals surface area contributed by atoms with Gasteiger partial charge in [0, 0.05) is 44.0 Å². The summed E-state index contributed by atoms with van der Waals surface area (Å²) in [6, 6.07) is 11.5. The molecule has 2 aromatic carbocycles. The van der Waals surface area contributed by atoms with Crippen LogP contribution in [0.15, 0.2) is 42.5 Å². The Morgan fingerprint density at radius 1 is 1.00 bits per heavy atom. The van der Waals surface area contributed by atoms with Crippen molar-refractivity contribution in [2.45, 2.75) is 19.0 Å². The maximum Gasteiger partial charge on any atom is 0.490 e. The first kappa shape index (κ1) is 25.1. The first-order valence-corrected chi connectivity index (χ1v) is 9.66. The summed E-state index contributed by atoms with van der Waals surface area (Å²) in [5.41, 5.74) is 2.47. The highest BCUT2D eigenvalue weighted by atomic mass is 19.4. The topological polar surface area (TPSA) is 81.7 Å². The molecule has 1 aliphatic rings. The number of hydrogen-bond donors (Lipinski definition) is 3. The van der Waals surface area contributed by atoms with Crippen molar-refractivity contribution in [3.63, 3.8) is 0 Å². The molecule has 1 heterocycles. The van der Waals surface area contributed by atoms with Crippen molar-refractivity contribution >= 4 is 23.3 Å². The number of piperazine rings is 1. The molecule has 0 atom stereocenters. The van der Waals surface area contributed by atoms with Gasteiger partial charge in [-0.2, -0.15) is 13.2 Å². The van der Waals surface area contributed by atoms with Crippen LogP contribution in [0.1, 0.15) is 12.0 Å². The molecule has 1 fully saturated rings. The Balaban J connectivity index is 0.000000451. The first-order valence-electron chi connectivity index (χ1n) is 9.66. The molecule has 0 aromatic heterocycles. The number of halogens is 5. The number of benzene rings is 2. The zero-order valence-electron chi connectivity index (χ0n) is 16.9. The van der Waals surface area contributed by atoms with Crippen molar-refractivity contribution in [2.24, 2.45) is 0 Å². The monoisotopic (exact) mass is 459 g/mol. The van der Waals surface area contributed by atoms with E-state index in [1.807, 2.05) is 24.3 Å². The molecular formula is C21H22F5N3O3. The number of aliphatic carboxylic acids is 1. The van der Waals surface area contributed by atoms with Gasteiger partial charge in [-0.05, 0) is 48.4 Å². The van der Waals surface area contributed by atoms with Gasteiger partial charge in [0.15, 0.2) is 11.6 Å². The van der Waals surface area contributed by atoms with Crippen molar-refractivity contribution in [1.29, 1.82) is 0 Å². The number of carboxylic acid groups (broad SMARTS) is 1. The fraction of sp³-hybridized carbons (Fsp3) is 0.333. The molecule has 3 rings (SSSR count). The van der Waals surface area contributed by atoms with E-state index in [4.69, 9.17) is 9.90 Å². The van der Waals surface area contributed by atoms with Crippen LogP contribution in [0.4, 0.5) is 33.3 Å². The van der Waals surface area contributed by atoms with Crippen molar-refractivity contribution in [3.8, 4) is 0 Å². The van der Waals surface area contributed by atoms with Crippen LogP contribution >= 0.6 is 0 Å². The quantitative estimate of drug-likeness (QED) is 0.596. The zero-order valence-corrected chi connectivity index (χ0v) is 16.9. The number of nitrogens with one attached hydrogen (secondary N) is 2. The number of rotatable bonds is 5. The summed E-state index contributed by atoms with van der Waals surface area (Å²) in [6.07, 6.45) is -4.51. The minimum atomic E-state index is -5.08. The van der Waals surface area contributed by atoms with Gasteiger partial charge in [-0.1, -0.05) is 6.07 Å². The molecule has 1 aliphatic heterocycles. The lowest BCUT2D eigenvalue weighted by atomic mass is 10.1. The molecular weight excluding hydrogens is 437 g/mol. The molecule has 0 unspecified atom stereocenters. The molecule has 2 aromatic rings. The number of alkyl halides is 3. The summed E-state index contributed by atoms with van der Waals surface area (Å²) in [6.45, 7) is 3.89. The molecule has 1 saturated heterocycles. The van der Waals surface area contributed by atoms with Crippen molar-refractivity contribution in [2.75, 3.05) is 36.4 Å². The number of amides is 1. The van der Waals surface area contributed by atoms with E-state index in [1.165, 1.54) is 6.07 Å². The van der Waals surface area contributed by atoms with Crippen LogP contribution in [-0.4, -0.2) is 49.3 Å². The number of hydrogen-bond acceptors (Lipinski definition) is 4. The van der Waals surface area contributed by atoms with E-state index < -0.39 is 23.8 Å². The summed E-state index contributed by atoms with van der Waals surface area (Å²) in [5, 5.41) is 13.3. The second-order valence-electron chi connectivity index (χ2n) is 6.88. The molecule has 11 heteroatoms. The number of nitrogens with zero attached hydrogens (tertiary/aromatic N) is 1. The Kier molecular flexibility index (Phi) is 8.94. The minimum Gasteiger partial charge on any atom is -0.475 e.